The van der Waals surface area contributed by atoms with E-state index in [1.807, 2.05) is 5.01 Å². The first-order valence-electron chi connectivity index (χ1n) is 14.0. The third kappa shape index (κ3) is 4.04. The minimum atomic E-state index is -4.70. The van der Waals surface area contributed by atoms with Crippen LogP contribution in [0, 0.1) is 34.5 Å². The summed E-state index contributed by atoms with van der Waals surface area (Å²) in [5, 5.41) is 7.07. The van der Waals surface area contributed by atoms with Crippen LogP contribution in [0.4, 0.5) is 18.9 Å². The highest BCUT2D eigenvalue weighted by molar-refractivity contribution is 5.94. The van der Waals surface area contributed by atoms with Crippen LogP contribution >= 0.6 is 0 Å². The number of esters is 1. The SMILES string of the molecule is CC(=O)O[C@H]1CC[C@@]2(C)C(=CC[C@H]3[C@@H]4CC5=NN(c6ccc(OC(F)(F)F)cc6)[C@@H](C)[C@@H]5[C@@]4(C)CC[C@@H]32)C1. The van der Waals surface area contributed by atoms with Crippen LogP contribution in [-0.2, 0) is 9.53 Å². The number of ether oxygens (including phenoxy) is 2. The molecular formula is C30H37F3N2O3. The summed E-state index contributed by atoms with van der Waals surface area (Å²) in [5.41, 5.74) is 3.88. The second-order valence-electron chi connectivity index (χ2n) is 12.7. The number of fused-ring (bicyclic) bond motifs is 7. The van der Waals surface area contributed by atoms with Gasteiger partial charge in [-0.3, -0.25) is 9.80 Å². The zero-order chi connectivity index (χ0) is 27.0. The Morgan fingerprint density at radius 3 is 2.50 bits per heavy atom. The van der Waals surface area contributed by atoms with E-state index >= 15 is 0 Å². The van der Waals surface area contributed by atoms with Crippen molar-refractivity contribution in [3.05, 3.63) is 35.9 Å². The molecule has 1 heterocycles. The van der Waals surface area contributed by atoms with Crippen molar-refractivity contribution in [2.45, 2.75) is 91.1 Å². The molecule has 0 amide bonds. The highest BCUT2D eigenvalue weighted by Gasteiger charge is 2.63. The van der Waals surface area contributed by atoms with Gasteiger partial charge in [0, 0.05) is 25.0 Å². The summed E-state index contributed by atoms with van der Waals surface area (Å²) in [6.45, 7) is 8.62. The Labute approximate surface area is 222 Å². The average Bonchev–Trinajstić information content (AvgIpc) is 3.32. The van der Waals surface area contributed by atoms with Crippen LogP contribution in [0.2, 0.25) is 0 Å². The standard InChI is InChI=1S/C30H37F3N2O3/c1-17-27-26(34-35(17)20-6-8-21(9-7-20)38-30(31,32)33)16-25-23-10-5-19-15-22(37-18(2)36)11-13-28(19,3)24(23)12-14-29(25,27)4/h5-9,17,22-25,27H,10-16H2,1-4H3/t17-,22-,23+,24-,25-,27-,28-,29-/m0/s1. The van der Waals surface area contributed by atoms with Crippen molar-refractivity contribution in [2.24, 2.45) is 39.6 Å². The van der Waals surface area contributed by atoms with Gasteiger partial charge in [-0.05, 0) is 98.3 Å². The maximum absolute atomic E-state index is 12.6. The Balaban J connectivity index is 1.22. The Bertz CT molecular complexity index is 1180. The molecule has 5 nitrogen and oxygen atoms in total. The minimum Gasteiger partial charge on any atom is -0.462 e. The molecule has 1 aromatic carbocycles. The van der Waals surface area contributed by atoms with E-state index in [4.69, 9.17) is 9.84 Å². The number of carbonyl (C=O) groups excluding carboxylic acids is 1. The maximum atomic E-state index is 12.6. The highest BCUT2D eigenvalue weighted by atomic mass is 19.4. The lowest BCUT2D eigenvalue weighted by molar-refractivity contribution is -0.274. The first kappa shape index (κ1) is 25.8. The van der Waals surface area contributed by atoms with Gasteiger partial charge >= 0.3 is 12.3 Å². The number of allylic oxidation sites excluding steroid dienone is 1. The van der Waals surface area contributed by atoms with E-state index in [9.17, 15) is 18.0 Å². The van der Waals surface area contributed by atoms with Gasteiger partial charge in [0.25, 0.3) is 0 Å². The molecule has 0 saturated heterocycles. The number of rotatable bonds is 3. The molecule has 1 aliphatic heterocycles. The predicted molar refractivity (Wildman–Crippen MR) is 139 cm³/mol. The van der Waals surface area contributed by atoms with E-state index in [1.165, 1.54) is 36.8 Å². The summed E-state index contributed by atoms with van der Waals surface area (Å²) in [6.07, 6.45) is 5.10. The Hall–Kier alpha value is -2.51. The fraction of sp³-hybridized carbons (Fsp3) is 0.667. The number of halogens is 3. The third-order valence-corrected chi connectivity index (χ3v) is 10.8. The van der Waals surface area contributed by atoms with Crippen LogP contribution in [0.15, 0.2) is 41.0 Å². The molecule has 8 heteroatoms. The number of hydrogen-bond acceptors (Lipinski definition) is 5. The molecule has 0 unspecified atom stereocenters. The topological polar surface area (TPSA) is 51.1 Å². The third-order valence-electron chi connectivity index (χ3n) is 10.8. The summed E-state index contributed by atoms with van der Waals surface area (Å²) in [5.74, 6) is 1.79. The molecule has 0 radical (unpaired) electrons. The molecule has 38 heavy (non-hydrogen) atoms. The monoisotopic (exact) mass is 530 g/mol. The van der Waals surface area contributed by atoms with Gasteiger partial charge in [-0.25, -0.2) is 0 Å². The van der Waals surface area contributed by atoms with Gasteiger partial charge in [0.15, 0.2) is 0 Å². The molecule has 0 N–H and O–H groups in total. The van der Waals surface area contributed by atoms with Crippen LogP contribution in [-0.4, -0.2) is 30.2 Å². The first-order valence-corrected chi connectivity index (χ1v) is 14.0. The molecule has 3 fully saturated rings. The number of benzene rings is 1. The summed E-state index contributed by atoms with van der Waals surface area (Å²) < 4.78 is 47.4. The normalized spacial score (nSPS) is 39.8. The fourth-order valence-corrected chi connectivity index (χ4v) is 9.21. The van der Waals surface area contributed by atoms with Crippen LogP contribution in [0.5, 0.6) is 5.75 Å². The molecule has 206 valence electrons. The molecule has 0 spiro atoms. The van der Waals surface area contributed by atoms with Gasteiger partial charge in [0.05, 0.1) is 11.7 Å². The number of alkyl halides is 3. The lowest BCUT2D eigenvalue weighted by atomic mass is 9.47. The molecule has 8 atom stereocenters. The van der Waals surface area contributed by atoms with Gasteiger partial charge in [-0.1, -0.05) is 25.5 Å². The van der Waals surface area contributed by atoms with Crippen molar-refractivity contribution in [3.63, 3.8) is 0 Å². The molecule has 5 aliphatic rings. The highest BCUT2D eigenvalue weighted by Crippen LogP contribution is 2.67. The molecule has 3 saturated carbocycles. The van der Waals surface area contributed by atoms with E-state index in [0.29, 0.717) is 23.7 Å². The lowest BCUT2D eigenvalue weighted by Crippen LogP contribution is -2.52. The van der Waals surface area contributed by atoms with Crippen molar-refractivity contribution in [1.29, 1.82) is 0 Å². The van der Waals surface area contributed by atoms with Gasteiger partial charge in [0.2, 0.25) is 0 Å². The van der Waals surface area contributed by atoms with E-state index in [2.05, 4.69) is 31.6 Å². The number of nitrogens with zero attached hydrogens (tertiary/aromatic N) is 2. The smallest absolute Gasteiger partial charge is 0.462 e. The van der Waals surface area contributed by atoms with Gasteiger partial charge in [-0.15, -0.1) is 13.2 Å². The average molecular weight is 531 g/mol. The van der Waals surface area contributed by atoms with Gasteiger partial charge in [-0.2, -0.15) is 5.10 Å². The zero-order valence-electron chi connectivity index (χ0n) is 22.6. The van der Waals surface area contributed by atoms with Crippen molar-refractivity contribution >= 4 is 17.4 Å². The fourth-order valence-electron chi connectivity index (χ4n) is 9.21. The van der Waals surface area contributed by atoms with Gasteiger partial charge in [0.1, 0.15) is 11.9 Å². The molecule has 6 rings (SSSR count). The number of hydrogen-bond donors (Lipinski definition) is 0. The lowest BCUT2D eigenvalue weighted by Gasteiger charge is -2.58. The number of anilines is 1. The molecule has 1 aromatic rings. The second-order valence-corrected chi connectivity index (χ2v) is 12.7. The second kappa shape index (κ2) is 8.75. The maximum Gasteiger partial charge on any atom is 0.573 e. The van der Waals surface area contributed by atoms with Gasteiger partial charge < -0.3 is 9.47 Å². The van der Waals surface area contributed by atoms with E-state index in [0.717, 1.165) is 44.2 Å². The number of carbonyl (C=O) groups is 1. The summed E-state index contributed by atoms with van der Waals surface area (Å²) in [6, 6.07) is 6.21. The first-order chi connectivity index (χ1) is 17.9. The van der Waals surface area contributed by atoms with Crippen molar-refractivity contribution in [3.8, 4) is 5.75 Å². The molecular weight excluding hydrogens is 493 g/mol. The minimum absolute atomic E-state index is 0.0124. The summed E-state index contributed by atoms with van der Waals surface area (Å²) in [7, 11) is 0. The number of hydrazone groups is 1. The Kier molecular flexibility index (Phi) is 5.93. The van der Waals surface area contributed by atoms with Crippen LogP contribution in [0.3, 0.4) is 0 Å². The quantitative estimate of drug-likeness (QED) is 0.305. The molecule has 4 aliphatic carbocycles. The van der Waals surface area contributed by atoms with Crippen molar-refractivity contribution in [2.75, 3.05) is 5.01 Å². The molecule has 0 bridgehead atoms. The van der Waals surface area contributed by atoms with Crippen molar-refractivity contribution < 1.29 is 27.4 Å². The van der Waals surface area contributed by atoms with Crippen LogP contribution in [0.25, 0.3) is 0 Å². The largest absolute Gasteiger partial charge is 0.573 e. The predicted octanol–water partition coefficient (Wildman–Crippen LogP) is 7.27. The van der Waals surface area contributed by atoms with Crippen LogP contribution < -0.4 is 9.75 Å². The Morgan fingerprint density at radius 1 is 1.08 bits per heavy atom. The van der Waals surface area contributed by atoms with E-state index in [-0.39, 0.29) is 34.7 Å². The van der Waals surface area contributed by atoms with E-state index in [1.54, 1.807) is 12.1 Å². The van der Waals surface area contributed by atoms with Crippen molar-refractivity contribution in [1.82, 2.24) is 0 Å². The van der Waals surface area contributed by atoms with Crippen LogP contribution in [0.1, 0.15) is 72.6 Å². The molecule has 0 aromatic heterocycles. The van der Waals surface area contributed by atoms with E-state index < -0.39 is 6.36 Å². The zero-order valence-corrected chi connectivity index (χ0v) is 22.6. The summed E-state index contributed by atoms with van der Waals surface area (Å²) in [4.78, 5) is 11.5. The Morgan fingerprint density at radius 2 is 1.82 bits per heavy atom. The summed E-state index contributed by atoms with van der Waals surface area (Å²) >= 11 is 0.